The lowest BCUT2D eigenvalue weighted by molar-refractivity contribution is 0.115. The van der Waals surface area contributed by atoms with Crippen molar-refractivity contribution in [3.8, 4) is 0 Å². The SMILES string of the molecule is CCCNCc1c(C)nn(C)c1N(CC)CC1CCCO1. The molecule has 1 fully saturated rings. The fourth-order valence-electron chi connectivity index (χ4n) is 3.08. The molecule has 1 aromatic rings. The third-order valence-corrected chi connectivity index (χ3v) is 4.17. The number of likely N-dealkylation sites (N-methyl/N-ethyl adjacent to an activating group) is 1. The topological polar surface area (TPSA) is 42.3 Å². The van der Waals surface area contributed by atoms with Crippen molar-refractivity contribution in [3.05, 3.63) is 11.3 Å². The Hall–Kier alpha value is -1.07. The van der Waals surface area contributed by atoms with E-state index in [0.29, 0.717) is 6.10 Å². The molecule has 0 spiro atoms. The van der Waals surface area contributed by atoms with Crippen LogP contribution in [0.1, 0.15) is 44.4 Å². The van der Waals surface area contributed by atoms with Gasteiger partial charge in [0.15, 0.2) is 0 Å². The molecule has 0 aliphatic carbocycles. The molecule has 1 saturated heterocycles. The van der Waals surface area contributed by atoms with Crippen molar-refractivity contribution in [1.82, 2.24) is 15.1 Å². The van der Waals surface area contributed by atoms with Crippen molar-refractivity contribution < 1.29 is 4.74 Å². The molecule has 1 unspecified atom stereocenters. The molecule has 1 aliphatic heterocycles. The molecule has 0 aromatic carbocycles. The highest BCUT2D eigenvalue weighted by molar-refractivity contribution is 5.50. The minimum atomic E-state index is 0.372. The summed E-state index contributed by atoms with van der Waals surface area (Å²) >= 11 is 0. The fourth-order valence-corrected chi connectivity index (χ4v) is 3.08. The summed E-state index contributed by atoms with van der Waals surface area (Å²) in [5, 5.41) is 8.13. The summed E-state index contributed by atoms with van der Waals surface area (Å²) in [7, 11) is 2.05. The van der Waals surface area contributed by atoms with Gasteiger partial charge in [0.05, 0.1) is 11.8 Å². The molecule has 1 atom stereocenters. The molecule has 1 aliphatic rings. The van der Waals surface area contributed by atoms with Crippen LogP contribution in [0.15, 0.2) is 0 Å². The van der Waals surface area contributed by atoms with Crippen LogP contribution in [0.2, 0.25) is 0 Å². The average molecular weight is 294 g/mol. The number of hydrogen-bond acceptors (Lipinski definition) is 4. The first-order chi connectivity index (χ1) is 10.2. The molecule has 120 valence electrons. The molecule has 5 heteroatoms. The van der Waals surface area contributed by atoms with Crippen LogP contribution in [0.25, 0.3) is 0 Å². The molecular weight excluding hydrogens is 264 g/mol. The van der Waals surface area contributed by atoms with Crippen molar-refractivity contribution in [2.45, 2.75) is 52.7 Å². The molecule has 0 radical (unpaired) electrons. The molecule has 1 aromatic heterocycles. The van der Waals surface area contributed by atoms with E-state index in [9.17, 15) is 0 Å². The lowest BCUT2D eigenvalue weighted by atomic mass is 10.2. The van der Waals surface area contributed by atoms with Crippen molar-refractivity contribution in [1.29, 1.82) is 0 Å². The maximum atomic E-state index is 5.80. The van der Waals surface area contributed by atoms with E-state index in [1.807, 2.05) is 11.7 Å². The van der Waals surface area contributed by atoms with E-state index < -0.39 is 0 Å². The Morgan fingerprint density at radius 3 is 2.86 bits per heavy atom. The number of anilines is 1. The lowest BCUT2D eigenvalue weighted by Gasteiger charge is -2.27. The summed E-state index contributed by atoms with van der Waals surface area (Å²) in [5.74, 6) is 1.24. The van der Waals surface area contributed by atoms with E-state index in [2.05, 4.69) is 36.1 Å². The Labute approximate surface area is 128 Å². The van der Waals surface area contributed by atoms with Crippen LogP contribution in [0.4, 0.5) is 5.82 Å². The average Bonchev–Trinajstić information content (AvgIpc) is 3.06. The number of nitrogens with zero attached hydrogens (tertiary/aromatic N) is 3. The Balaban J connectivity index is 2.14. The molecule has 0 bridgehead atoms. The first-order valence-corrected chi connectivity index (χ1v) is 8.27. The van der Waals surface area contributed by atoms with Gasteiger partial charge in [-0.05, 0) is 39.7 Å². The molecular formula is C16H30N4O. The highest BCUT2D eigenvalue weighted by atomic mass is 16.5. The first-order valence-electron chi connectivity index (χ1n) is 8.27. The third kappa shape index (κ3) is 3.98. The number of ether oxygens (including phenoxy) is 1. The Morgan fingerprint density at radius 1 is 1.43 bits per heavy atom. The summed E-state index contributed by atoms with van der Waals surface area (Å²) in [6.07, 6.45) is 3.90. The van der Waals surface area contributed by atoms with Crippen LogP contribution in [-0.2, 0) is 18.3 Å². The van der Waals surface area contributed by atoms with E-state index in [1.54, 1.807) is 0 Å². The van der Waals surface area contributed by atoms with Crippen LogP contribution in [0, 0.1) is 6.92 Å². The van der Waals surface area contributed by atoms with Gasteiger partial charge in [0.25, 0.3) is 0 Å². The molecule has 2 heterocycles. The summed E-state index contributed by atoms with van der Waals surface area (Å²) in [6.45, 7) is 11.3. The highest BCUT2D eigenvalue weighted by Crippen LogP contribution is 2.25. The largest absolute Gasteiger partial charge is 0.376 e. The standard InChI is InChI=1S/C16H30N4O/c1-5-9-17-11-15-13(3)18-19(4)16(15)20(6-2)12-14-8-7-10-21-14/h14,17H,5-12H2,1-4H3. The number of rotatable bonds is 8. The van der Waals surface area contributed by atoms with Gasteiger partial charge in [-0.15, -0.1) is 0 Å². The van der Waals surface area contributed by atoms with Gasteiger partial charge < -0.3 is 15.0 Å². The number of nitrogens with one attached hydrogen (secondary N) is 1. The fraction of sp³-hybridized carbons (Fsp3) is 0.812. The lowest BCUT2D eigenvalue weighted by Crippen LogP contribution is -2.34. The third-order valence-electron chi connectivity index (χ3n) is 4.17. The van der Waals surface area contributed by atoms with Gasteiger partial charge in [-0.2, -0.15) is 5.10 Å². The molecule has 2 rings (SSSR count). The zero-order chi connectivity index (χ0) is 15.2. The van der Waals surface area contributed by atoms with Crippen LogP contribution < -0.4 is 10.2 Å². The quantitative estimate of drug-likeness (QED) is 0.747. The molecule has 21 heavy (non-hydrogen) atoms. The normalized spacial score (nSPS) is 18.4. The van der Waals surface area contributed by atoms with Crippen LogP contribution in [0.5, 0.6) is 0 Å². The summed E-state index contributed by atoms with van der Waals surface area (Å²) < 4.78 is 7.83. The van der Waals surface area contributed by atoms with Gasteiger partial charge >= 0.3 is 0 Å². The van der Waals surface area contributed by atoms with Gasteiger partial charge in [0, 0.05) is 38.9 Å². The second kappa shape index (κ2) is 7.80. The van der Waals surface area contributed by atoms with E-state index in [4.69, 9.17) is 4.74 Å². The highest BCUT2D eigenvalue weighted by Gasteiger charge is 2.23. The zero-order valence-electron chi connectivity index (χ0n) is 14.0. The van der Waals surface area contributed by atoms with Gasteiger partial charge in [-0.1, -0.05) is 6.92 Å². The van der Waals surface area contributed by atoms with Gasteiger partial charge in [-0.25, -0.2) is 0 Å². The monoisotopic (exact) mass is 294 g/mol. The summed E-state index contributed by atoms with van der Waals surface area (Å²) in [6, 6.07) is 0. The summed E-state index contributed by atoms with van der Waals surface area (Å²) in [5.41, 5.74) is 2.45. The van der Waals surface area contributed by atoms with Crippen LogP contribution in [0.3, 0.4) is 0 Å². The Kier molecular flexibility index (Phi) is 6.06. The Morgan fingerprint density at radius 2 is 2.24 bits per heavy atom. The molecule has 5 nitrogen and oxygen atoms in total. The van der Waals surface area contributed by atoms with Crippen molar-refractivity contribution in [2.75, 3.05) is 31.1 Å². The summed E-state index contributed by atoms with van der Waals surface area (Å²) in [4.78, 5) is 2.42. The maximum absolute atomic E-state index is 5.80. The van der Waals surface area contributed by atoms with E-state index in [-0.39, 0.29) is 0 Å². The Bertz CT molecular complexity index is 438. The van der Waals surface area contributed by atoms with Gasteiger partial charge in [0.2, 0.25) is 0 Å². The van der Waals surface area contributed by atoms with Crippen molar-refractivity contribution in [3.63, 3.8) is 0 Å². The number of hydrogen-bond donors (Lipinski definition) is 1. The zero-order valence-corrected chi connectivity index (χ0v) is 14.0. The van der Waals surface area contributed by atoms with Gasteiger partial charge in [0.1, 0.15) is 5.82 Å². The maximum Gasteiger partial charge on any atom is 0.131 e. The second-order valence-electron chi connectivity index (χ2n) is 5.86. The number of aromatic nitrogens is 2. The smallest absolute Gasteiger partial charge is 0.131 e. The van der Waals surface area contributed by atoms with Gasteiger partial charge in [-0.3, -0.25) is 4.68 Å². The molecule has 1 N–H and O–H groups in total. The minimum absolute atomic E-state index is 0.372. The van der Waals surface area contributed by atoms with Crippen LogP contribution >= 0.6 is 0 Å². The minimum Gasteiger partial charge on any atom is -0.376 e. The van der Waals surface area contributed by atoms with E-state index >= 15 is 0 Å². The van der Waals surface area contributed by atoms with E-state index in [0.717, 1.165) is 44.9 Å². The predicted octanol–water partition coefficient (Wildman–Crippen LogP) is 2.23. The van der Waals surface area contributed by atoms with Crippen LogP contribution in [-0.4, -0.2) is 42.1 Å². The van der Waals surface area contributed by atoms with E-state index in [1.165, 1.54) is 24.2 Å². The second-order valence-corrected chi connectivity index (χ2v) is 5.86. The van der Waals surface area contributed by atoms with Crippen molar-refractivity contribution in [2.24, 2.45) is 7.05 Å². The number of aryl methyl sites for hydroxylation is 2. The van der Waals surface area contributed by atoms with Crippen molar-refractivity contribution >= 4 is 5.82 Å². The predicted molar refractivity (Wildman–Crippen MR) is 86.8 cm³/mol. The molecule has 0 amide bonds. The first kappa shape index (κ1) is 16.3. The molecule has 0 saturated carbocycles.